The number of non-ortho nitro benzene ring substituents is 1. The average molecular weight is 391 g/mol. The molecular weight excluding hydrogens is 368 g/mol. The van der Waals surface area contributed by atoms with E-state index in [9.17, 15) is 14.9 Å². The first-order valence-corrected chi connectivity index (χ1v) is 8.83. The van der Waals surface area contributed by atoms with Gasteiger partial charge in [-0.25, -0.2) is 0 Å². The number of ether oxygens (including phenoxy) is 1. The van der Waals surface area contributed by atoms with Crippen molar-refractivity contribution in [1.82, 2.24) is 0 Å². The largest absolute Gasteiger partial charge is 0.478 e. The van der Waals surface area contributed by atoms with Crippen LogP contribution in [0.5, 0.6) is 5.75 Å². The maximum absolute atomic E-state index is 12.6. The molecule has 0 atom stereocenters. The number of carbonyl (C=O) groups is 1. The van der Waals surface area contributed by atoms with Gasteiger partial charge in [-0.05, 0) is 43.0 Å². The summed E-state index contributed by atoms with van der Waals surface area (Å²) in [4.78, 5) is 23.0. The third kappa shape index (κ3) is 5.20. The van der Waals surface area contributed by atoms with Crippen molar-refractivity contribution in [3.63, 3.8) is 0 Å². The minimum Gasteiger partial charge on any atom is -0.478 e. The van der Waals surface area contributed by atoms with E-state index in [-0.39, 0.29) is 21.8 Å². The zero-order valence-electron chi connectivity index (χ0n) is 16.0. The lowest BCUT2D eigenvalue weighted by Crippen LogP contribution is -2.42. The number of rotatable bonds is 5. The minimum atomic E-state index is -1.21. The number of amides is 1. The van der Waals surface area contributed by atoms with Gasteiger partial charge in [0, 0.05) is 12.1 Å². The molecule has 0 heterocycles. The van der Waals surface area contributed by atoms with Gasteiger partial charge in [0.15, 0.2) is 5.60 Å². The molecule has 7 heteroatoms. The molecule has 1 amide bonds. The topological polar surface area (TPSA) is 81.5 Å². The molecule has 0 aliphatic carbocycles. The predicted molar refractivity (Wildman–Crippen MR) is 107 cm³/mol. The van der Waals surface area contributed by atoms with Crippen LogP contribution < -0.4 is 10.1 Å². The number of hydrogen-bond acceptors (Lipinski definition) is 4. The number of hydrogen-bond donors (Lipinski definition) is 1. The molecule has 2 rings (SSSR count). The number of nitro groups is 1. The minimum absolute atomic E-state index is 0.0181. The van der Waals surface area contributed by atoms with E-state index >= 15 is 0 Å². The Morgan fingerprint density at radius 2 is 1.67 bits per heavy atom. The summed E-state index contributed by atoms with van der Waals surface area (Å²) in [7, 11) is 0. The van der Waals surface area contributed by atoms with E-state index in [4.69, 9.17) is 16.3 Å². The first-order valence-electron chi connectivity index (χ1n) is 8.45. The van der Waals surface area contributed by atoms with E-state index in [0.717, 1.165) is 5.56 Å². The molecule has 0 aliphatic rings. The van der Waals surface area contributed by atoms with E-state index in [0.29, 0.717) is 5.75 Å². The van der Waals surface area contributed by atoms with Crippen LogP contribution in [0, 0.1) is 10.1 Å². The van der Waals surface area contributed by atoms with Gasteiger partial charge in [0.2, 0.25) is 0 Å². The van der Waals surface area contributed by atoms with Gasteiger partial charge in [-0.15, -0.1) is 0 Å². The molecule has 2 aromatic carbocycles. The van der Waals surface area contributed by atoms with Gasteiger partial charge < -0.3 is 10.1 Å². The summed E-state index contributed by atoms with van der Waals surface area (Å²) in [6.07, 6.45) is 0. The Morgan fingerprint density at radius 3 is 2.19 bits per heavy atom. The lowest BCUT2D eigenvalue weighted by molar-refractivity contribution is -0.384. The molecule has 6 nitrogen and oxygen atoms in total. The number of anilines is 1. The Bertz CT molecular complexity index is 855. The lowest BCUT2D eigenvalue weighted by Gasteiger charge is -2.26. The average Bonchev–Trinajstić information content (AvgIpc) is 2.55. The van der Waals surface area contributed by atoms with Crippen molar-refractivity contribution < 1.29 is 14.5 Å². The Morgan fingerprint density at radius 1 is 1.07 bits per heavy atom. The van der Waals surface area contributed by atoms with Crippen LogP contribution in [0.4, 0.5) is 11.4 Å². The monoisotopic (exact) mass is 390 g/mol. The molecule has 0 saturated carbocycles. The molecular formula is C20H23ClN2O4. The maximum Gasteiger partial charge on any atom is 0.271 e. The molecule has 2 aromatic rings. The fourth-order valence-corrected chi connectivity index (χ4v) is 2.52. The van der Waals surface area contributed by atoms with Crippen molar-refractivity contribution in [2.24, 2.45) is 0 Å². The number of halogens is 1. The second kappa shape index (κ2) is 7.56. The zero-order chi connectivity index (χ0) is 20.4. The zero-order valence-corrected chi connectivity index (χ0v) is 16.8. The molecule has 0 aliphatic heterocycles. The van der Waals surface area contributed by atoms with Gasteiger partial charge in [-0.1, -0.05) is 44.5 Å². The molecule has 0 spiro atoms. The summed E-state index contributed by atoms with van der Waals surface area (Å²) in [6.45, 7) is 9.58. The first kappa shape index (κ1) is 20.7. The van der Waals surface area contributed by atoms with Gasteiger partial charge in [0.1, 0.15) is 5.75 Å². The summed E-state index contributed by atoms with van der Waals surface area (Å²) in [5, 5.41) is 13.7. The van der Waals surface area contributed by atoms with E-state index < -0.39 is 16.4 Å². The number of nitrogens with one attached hydrogen (secondary N) is 1. The lowest BCUT2D eigenvalue weighted by atomic mass is 9.87. The van der Waals surface area contributed by atoms with Crippen molar-refractivity contribution in [3.8, 4) is 5.75 Å². The van der Waals surface area contributed by atoms with Gasteiger partial charge >= 0.3 is 0 Å². The molecule has 0 unspecified atom stereocenters. The predicted octanol–water partition coefficient (Wildman–Crippen LogP) is 5.34. The van der Waals surface area contributed by atoms with Crippen LogP contribution in [0.2, 0.25) is 5.02 Å². The highest BCUT2D eigenvalue weighted by Crippen LogP contribution is 2.29. The van der Waals surface area contributed by atoms with Crippen molar-refractivity contribution in [1.29, 1.82) is 0 Å². The molecule has 0 saturated heterocycles. The quantitative estimate of drug-likeness (QED) is 0.551. The van der Waals surface area contributed by atoms with E-state index in [2.05, 4.69) is 26.1 Å². The Labute approximate surface area is 163 Å². The summed E-state index contributed by atoms with van der Waals surface area (Å²) in [5.41, 5.74) is -0.0382. The summed E-state index contributed by atoms with van der Waals surface area (Å²) < 4.78 is 5.83. The fourth-order valence-electron chi connectivity index (χ4n) is 2.36. The number of benzene rings is 2. The smallest absolute Gasteiger partial charge is 0.271 e. The molecule has 27 heavy (non-hydrogen) atoms. The van der Waals surface area contributed by atoms with E-state index in [1.165, 1.54) is 18.2 Å². The van der Waals surface area contributed by atoms with Gasteiger partial charge in [0.05, 0.1) is 15.6 Å². The second-order valence-corrected chi connectivity index (χ2v) is 8.17. The Kier molecular flexibility index (Phi) is 5.80. The van der Waals surface area contributed by atoms with Crippen LogP contribution in [0.1, 0.15) is 40.2 Å². The third-order valence-electron chi connectivity index (χ3n) is 4.05. The summed E-state index contributed by atoms with van der Waals surface area (Å²) in [6, 6.07) is 11.4. The van der Waals surface area contributed by atoms with E-state index in [1.54, 1.807) is 13.8 Å². The van der Waals surface area contributed by atoms with Crippen molar-refractivity contribution in [2.45, 2.75) is 45.6 Å². The fraction of sp³-hybridized carbons (Fsp3) is 0.350. The van der Waals surface area contributed by atoms with Crippen LogP contribution in [0.25, 0.3) is 0 Å². The molecule has 0 fully saturated rings. The van der Waals surface area contributed by atoms with Gasteiger partial charge in [-0.2, -0.15) is 0 Å². The molecule has 0 radical (unpaired) electrons. The Balaban J connectivity index is 2.15. The highest BCUT2D eigenvalue weighted by molar-refractivity contribution is 6.33. The van der Waals surface area contributed by atoms with Crippen molar-refractivity contribution >= 4 is 28.9 Å². The molecule has 0 bridgehead atoms. The SMILES string of the molecule is CC(C)(Oc1ccc(C(C)(C)C)cc1)C(=O)Nc1cc([N+](=O)[O-])ccc1Cl. The molecule has 0 aromatic heterocycles. The van der Waals surface area contributed by atoms with Gasteiger partial charge in [0.25, 0.3) is 11.6 Å². The van der Waals surface area contributed by atoms with Crippen molar-refractivity contribution in [2.75, 3.05) is 5.32 Å². The normalized spacial score (nSPS) is 11.8. The number of nitrogens with zero attached hydrogens (tertiary/aromatic N) is 1. The van der Waals surface area contributed by atoms with Gasteiger partial charge in [-0.3, -0.25) is 14.9 Å². The number of nitro benzene ring substituents is 1. The van der Waals surface area contributed by atoms with Crippen LogP contribution in [0.15, 0.2) is 42.5 Å². The first-order chi connectivity index (χ1) is 12.4. The van der Waals surface area contributed by atoms with Crippen LogP contribution >= 0.6 is 11.6 Å². The summed E-state index contributed by atoms with van der Waals surface area (Å²) in [5.74, 6) is 0.0816. The third-order valence-corrected chi connectivity index (χ3v) is 4.38. The molecule has 1 N–H and O–H groups in total. The highest BCUT2D eigenvalue weighted by atomic mass is 35.5. The van der Waals surface area contributed by atoms with E-state index in [1.807, 2.05) is 24.3 Å². The van der Waals surface area contributed by atoms with Crippen molar-refractivity contribution in [3.05, 3.63) is 63.2 Å². The second-order valence-electron chi connectivity index (χ2n) is 7.76. The molecule has 144 valence electrons. The van der Waals surface area contributed by atoms with Crippen LogP contribution in [-0.4, -0.2) is 16.4 Å². The van der Waals surface area contributed by atoms with Crippen LogP contribution in [-0.2, 0) is 10.2 Å². The number of carbonyl (C=O) groups excluding carboxylic acids is 1. The summed E-state index contributed by atoms with van der Waals surface area (Å²) >= 11 is 6.04. The standard InChI is InChI=1S/C20H23ClN2O4/c1-19(2,3)13-6-9-15(10-7-13)27-20(4,5)18(24)22-17-12-14(23(25)26)8-11-16(17)21/h6-12H,1-5H3,(H,22,24). The van der Waals surface area contributed by atoms with Crippen LogP contribution in [0.3, 0.4) is 0 Å². The maximum atomic E-state index is 12.6. The Hall–Kier alpha value is -2.60. The highest BCUT2D eigenvalue weighted by Gasteiger charge is 2.31.